The van der Waals surface area contributed by atoms with Gasteiger partial charge >= 0.3 is 0 Å². The molecule has 4 bridgehead atoms. The highest BCUT2D eigenvalue weighted by Gasteiger charge is 2.51. The molecule has 11 rings (SSSR count). The van der Waals surface area contributed by atoms with Crippen LogP contribution in [-0.2, 0) is 48.0 Å². The third-order valence-electron chi connectivity index (χ3n) is 17.7. The molecule has 4 amide bonds. The molecule has 71 heavy (non-hydrogen) atoms. The molecule has 13 heteroatoms. The molecule has 8 aliphatic rings. The van der Waals surface area contributed by atoms with Crippen molar-refractivity contribution in [2.45, 2.75) is 158 Å². The van der Waals surface area contributed by atoms with Crippen LogP contribution in [-0.4, -0.2) is 116 Å². The van der Waals surface area contributed by atoms with Gasteiger partial charge in [0.1, 0.15) is 0 Å². The van der Waals surface area contributed by atoms with Crippen LogP contribution in [0.5, 0.6) is 0 Å². The zero-order valence-electron chi connectivity index (χ0n) is 42.4. The smallest absolute Gasteiger partial charge is 0.220 e. The number of hydrogen-bond acceptors (Lipinski definition) is 9. The van der Waals surface area contributed by atoms with E-state index < -0.39 is 0 Å². The van der Waals surface area contributed by atoms with Gasteiger partial charge in [-0.05, 0) is 148 Å². The van der Waals surface area contributed by atoms with Gasteiger partial charge in [0, 0.05) is 86.4 Å². The Morgan fingerprint density at radius 2 is 0.958 bits per heavy atom. The van der Waals surface area contributed by atoms with Gasteiger partial charge in [-0.3, -0.25) is 29.0 Å². The predicted molar refractivity (Wildman–Crippen MR) is 280 cm³/mol. The molecule has 2 aromatic carbocycles. The minimum Gasteiger partial charge on any atom is -0.379 e. The van der Waals surface area contributed by atoms with Gasteiger partial charge in [-0.15, -0.1) is 11.3 Å². The number of nitrogens with one attached hydrogen (secondary N) is 4. The zero-order chi connectivity index (χ0) is 48.9. The number of hydrogen-bond donors (Lipinski definition) is 4. The first-order chi connectivity index (χ1) is 34.6. The molecule has 3 aromatic rings. The number of amides is 4. The summed E-state index contributed by atoms with van der Waals surface area (Å²) in [6.45, 7) is 8.50. The molecule has 3 heterocycles. The van der Waals surface area contributed by atoms with Crippen LogP contribution in [0.2, 0.25) is 0 Å². The van der Waals surface area contributed by atoms with E-state index in [0.717, 1.165) is 146 Å². The van der Waals surface area contributed by atoms with Crippen molar-refractivity contribution in [1.29, 1.82) is 0 Å². The third kappa shape index (κ3) is 14.3. The van der Waals surface area contributed by atoms with Crippen molar-refractivity contribution < 1.29 is 28.7 Å². The third-order valence-corrected chi connectivity index (χ3v) is 18.6. The highest BCUT2D eigenvalue weighted by atomic mass is 32.1. The Morgan fingerprint density at radius 1 is 0.535 bits per heavy atom. The van der Waals surface area contributed by atoms with E-state index in [-0.39, 0.29) is 59.6 Å². The summed E-state index contributed by atoms with van der Waals surface area (Å²) in [7, 11) is 0. The van der Waals surface area contributed by atoms with Gasteiger partial charge in [0.25, 0.3) is 0 Å². The van der Waals surface area contributed by atoms with Crippen molar-refractivity contribution in [3.8, 4) is 0 Å². The van der Waals surface area contributed by atoms with E-state index in [0.29, 0.717) is 24.8 Å². The topological polar surface area (TPSA) is 141 Å². The lowest BCUT2D eigenvalue weighted by molar-refractivity contribution is -0.128. The fourth-order valence-corrected chi connectivity index (χ4v) is 15.1. The Balaban J connectivity index is 0.000000178. The number of benzene rings is 2. The van der Waals surface area contributed by atoms with Gasteiger partial charge in [-0.2, -0.15) is 0 Å². The maximum absolute atomic E-state index is 12.8. The SMILES string of the molecule is O=C(CCC(=O)NC1CCC(Cc2ccccc2)(N2CCOCC2)CC1)NCC12CC3CC(CC(C3)C1)C2.O=C(CCC(=O)NC1CCC(Cc2ccccc2)(N2CCOCC2)CC1)NCc1cccs1. The van der Waals surface area contributed by atoms with Crippen LogP contribution in [0, 0.1) is 23.2 Å². The molecule has 6 saturated carbocycles. The summed E-state index contributed by atoms with van der Waals surface area (Å²) in [6.07, 6.45) is 19.6. The minimum atomic E-state index is -0.0728. The lowest BCUT2D eigenvalue weighted by Crippen LogP contribution is -2.58. The standard InChI is InChI=1S/C32H47N3O3.C26H35N3O3S/c36-29(33-23-31-19-25-16-26(20-31)18-27(17-25)21-31)6-7-30(37)34-28-8-10-32(11-9-28,35-12-14-38-15-13-35)22-24-4-2-1-3-5-24;30-24(27-20-23-7-4-18-33-23)8-9-25(31)28-22-10-12-26(13-11-22,29-14-16-32-17-15-29)19-21-5-2-1-3-6-21/h1-5,25-28H,6-23H2,(H,33,36)(H,34,37);1-7,18,22H,8-17,19-20H2,(H,27,30)(H,28,31). The van der Waals surface area contributed by atoms with E-state index in [1.165, 1.54) is 49.7 Å². The highest BCUT2D eigenvalue weighted by Crippen LogP contribution is 2.59. The van der Waals surface area contributed by atoms with E-state index >= 15 is 0 Å². The van der Waals surface area contributed by atoms with Crippen molar-refractivity contribution >= 4 is 35.0 Å². The van der Waals surface area contributed by atoms with Crippen LogP contribution in [0.1, 0.15) is 132 Å². The second kappa shape index (κ2) is 24.7. The molecule has 386 valence electrons. The molecular formula is C58H82N6O6S. The average Bonchev–Trinajstić information content (AvgIpc) is 3.93. The van der Waals surface area contributed by atoms with Gasteiger partial charge in [0.2, 0.25) is 23.6 Å². The van der Waals surface area contributed by atoms with Crippen molar-refractivity contribution in [2.24, 2.45) is 23.2 Å². The van der Waals surface area contributed by atoms with E-state index in [2.05, 4.69) is 91.7 Å². The monoisotopic (exact) mass is 991 g/mol. The first-order valence-corrected chi connectivity index (χ1v) is 28.4. The van der Waals surface area contributed by atoms with E-state index in [9.17, 15) is 19.2 Å². The molecule has 12 nitrogen and oxygen atoms in total. The Labute approximate surface area is 427 Å². The van der Waals surface area contributed by atoms with Crippen molar-refractivity contribution in [1.82, 2.24) is 31.1 Å². The first-order valence-electron chi connectivity index (χ1n) is 27.5. The van der Waals surface area contributed by atoms with Crippen LogP contribution in [0.15, 0.2) is 78.2 Å². The van der Waals surface area contributed by atoms with Crippen LogP contribution in [0.25, 0.3) is 0 Å². The summed E-state index contributed by atoms with van der Waals surface area (Å²) in [5.41, 5.74) is 3.39. The number of carbonyl (C=O) groups excluding carboxylic acids is 4. The lowest BCUT2D eigenvalue weighted by Gasteiger charge is -2.56. The molecule has 2 aliphatic heterocycles. The summed E-state index contributed by atoms with van der Waals surface area (Å²) < 4.78 is 11.3. The molecule has 0 radical (unpaired) electrons. The van der Waals surface area contributed by atoms with Crippen LogP contribution >= 0.6 is 11.3 Å². The molecule has 0 unspecified atom stereocenters. The molecular weight excluding hydrogens is 909 g/mol. The number of thiophene rings is 1. The van der Waals surface area contributed by atoms with Crippen LogP contribution in [0.4, 0.5) is 0 Å². The van der Waals surface area contributed by atoms with Gasteiger partial charge in [-0.1, -0.05) is 66.7 Å². The Kier molecular flexibility index (Phi) is 18.0. The van der Waals surface area contributed by atoms with Crippen LogP contribution in [0.3, 0.4) is 0 Å². The number of morpholine rings is 2. The quantitative estimate of drug-likeness (QED) is 0.101. The average molecular weight is 991 g/mol. The predicted octanol–water partition coefficient (Wildman–Crippen LogP) is 7.99. The molecule has 0 atom stereocenters. The maximum atomic E-state index is 12.8. The van der Waals surface area contributed by atoms with E-state index in [4.69, 9.17) is 9.47 Å². The normalized spacial score (nSPS) is 30.6. The first kappa shape index (κ1) is 51.7. The molecule has 6 aliphatic carbocycles. The summed E-state index contributed by atoms with van der Waals surface area (Å²) in [5.74, 6) is 2.68. The van der Waals surface area contributed by atoms with Gasteiger partial charge < -0.3 is 30.7 Å². The van der Waals surface area contributed by atoms with E-state index in [1.54, 1.807) is 11.3 Å². The second-order valence-corrected chi connectivity index (χ2v) is 23.7. The Morgan fingerprint density at radius 3 is 1.38 bits per heavy atom. The van der Waals surface area contributed by atoms with Crippen LogP contribution < -0.4 is 21.3 Å². The summed E-state index contributed by atoms with van der Waals surface area (Å²) in [5, 5.41) is 14.6. The van der Waals surface area contributed by atoms with Gasteiger partial charge in [-0.25, -0.2) is 0 Å². The fraction of sp³-hybridized carbons (Fsp3) is 0.655. The van der Waals surface area contributed by atoms with Gasteiger partial charge in [0.15, 0.2) is 0 Å². The summed E-state index contributed by atoms with van der Waals surface area (Å²) >= 11 is 1.62. The lowest BCUT2D eigenvalue weighted by atomic mass is 9.49. The second-order valence-electron chi connectivity index (χ2n) is 22.7. The Bertz CT molecular complexity index is 2110. The van der Waals surface area contributed by atoms with Gasteiger partial charge in [0.05, 0.1) is 33.0 Å². The number of carbonyl (C=O) groups is 4. The zero-order valence-corrected chi connectivity index (χ0v) is 43.2. The molecule has 2 saturated heterocycles. The molecule has 4 N–H and O–H groups in total. The minimum absolute atomic E-state index is 0.0202. The highest BCUT2D eigenvalue weighted by molar-refractivity contribution is 7.09. The van der Waals surface area contributed by atoms with Crippen molar-refractivity contribution in [2.75, 3.05) is 59.2 Å². The number of nitrogens with zero attached hydrogens (tertiary/aromatic N) is 2. The van der Waals surface area contributed by atoms with Crippen molar-refractivity contribution in [3.05, 3.63) is 94.2 Å². The number of ether oxygens (including phenoxy) is 2. The molecule has 8 fully saturated rings. The fourth-order valence-electron chi connectivity index (χ4n) is 14.5. The maximum Gasteiger partial charge on any atom is 0.220 e. The summed E-state index contributed by atoms with van der Waals surface area (Å²) in [4.78, 5) is 56.4. The number of rotatable bonds is 18. The molecule has 1 aromatic heterocycles. The van der Waals surface area contributed by atoms with Crippen molar-refractivity contribution in [3.63, 3.8) is 0 Å². The molecule has 0 spiro atoms. The van der Waals surface area contributed by atoms with E-state index in [1.807, 2.05) is 17.5 Å². The Hall–Kier alpha value is -4.14. The summed E-state index contributed by atoms with van der Waals surface area (Å²) in [6, 6.07) is 25.9. The largest absolute Gasteiger partial charge is 0.379 e.